The molecule has 2 rings (SSSR count). The van der Waals surface area contributed by atoms with Gasteiger partial charge in [0, 0.05) is 31.2 Å². The molecule has 0 amide bonds. The predicted octanol–water partition coefficient (Wildman–Crippen LogP) is 3.13. The lowest BCUT2D eigenvalue weighted by Gasteiger charge is -2.48. The van der Waals surface area contributed by atoms with E-state index in [1.54, 1.807) is 6.07 Å². The van der Waals surface area contributed by atoms with E-state index in [-0.39, 0.29) is 5.54 Å². The van der Waals surface area contributed by atoms with Crippen molar-refractivity contribution in [2.45, 2.75) is 58.2 Å². The molecule has 20 heavy (non-hydrogen) atoms. The van der Waals surface area contributed by atoms with E-state index in [4.69, 9.17) is 0 Å². The topological polar surface area (TPSA) is 35.5 Å². The minimum absolute atomic E-state index is 0.204. The summed E-state index contributed by atoms with van der Waals surface area (Å²) in [5.74, 6) is 0.362. The number of hydrogen-bond donors (Lipinski definition) is 2. The Labute approximate surface area is 123 Å². The average molecular weight is 276 g/mol. The Morgan fingerprint density at radius 1 is 1.40 bits per heavy atom. The van der Waals surface area contributed by atoms with Gasteiger partial charge in [0.2, 0.25) is 0 Å². The highest BCUT2D eigenvalue weighted by Gasteiger charge is 2.35. The molecule has 0 spiro atoms. The highest BCUT2D eigenvalue weighted by molar-refractivity contribution is 5.27. The molecule has 1 aliphatic heterocycles. The van der Waals surface area contributed by atoms with Gasteiger partial charge in [0.1, 0.15) is 5.75 Å². The predicted molar refractivity (Wildman–Crippen MR) is 83.9 cm³/mol. The van der Waals surface area contributed by atoms with Gasteiger partial charge in [0.05, 0.1) is 0 Å². The van der Waals surface area contributed by atoms with Crippen LogP contribution < -0.4 is 5.32 Å². The Kier molecular flexibility index (Phi) is 5.06. The second-order valence-electron chi connectivity index (χ2n) is 6.27. The average Bonchev–Trinajstić information content (AvgIpc) is 2.43. The van der Waals surface area contributed by atoms with E-state index in [9.17, 15) is 5.11 Å². The molecule has 1 aliphatic rings. The van der Waals surface area contributed by atoms with Gasteiger partial charge >= 0.3 is 0 Å². The first-order chi connectivity index (χ1) is 9.57. The molecule has 0 radical (unpaired) electrons. The standard InChI is InChI=1S/C17H28N2O/c1-4-7-15-12-19(17(3,5-2)13-18-15)11-14-8-6-9-16(20)10-14/h6,8-10,15,18,20H,4-5,7,11-13H2,1-3H3. The molecule has 1 aromatic rings. The molecule has 3 heteroatoms. The SMILES string of the molecule is CCCC1CN(Cc2cccc(O)c2)C(C)(CC)CN1. The number of hydrogen-bond acceptors (Lipinski definition) is 3. The molecule has 3 nitrogen and oxygen atoms in total. The lowest BCUT2D eigenvalue weighted by Crippen LogP contribution is -2.62. The van der Waals surface area contributed by atoms with Crippen molar-refractivity contribution in [2.75, 3.05) is 13.1 Å². The molecule has 2 atom stereocenters. The lowest BCUT2D eigenvalue weighted by atomic mass is 9.90. The summed E-state index contributed by atoms with van der Waals surface area (Å²) in [6, 6.07) is 8.25. The van der Waals surface area contributed by atoms with Gasteiger partial charge in [-0.1, -0.05) is 32.4 Å². The molecule has 1 aromatic carbocycles. The quantitative estimate of drug-likeness (QED) is 0.867. The summed E-state index contributed by atoms with van der Waals surface area (Å²) in [4.78, 5) is 2.58. The summed E-state index contributed by atoms with van der Waals surface area (Å²) in [7, 11) is 0. The summed E-state index contributed by atoms with van der Waals surface area (Å²) in [6.07, 6.45) is 3.59. The third-order valence-corrected chi connectivity index (χ3v) is 4.66. The zero-order chi connectivity index (χ0) is 14.6. The second-order valence-corrected chi connectivity index (χ2v) is 6.27. The second kappa shape index (κ2) is 6.59. The van der Waals surface area contributed by atoms with E-state index in [2.05, 4.69) is 37.1 Å². The minimum Gasteiger partial charge on any atom is -0.508 e. The molecular formula is C17H28N2O. The maximum Gasteiger partial charge on any atom is 0.115 e. The fourth-order valence-electron chi connectivity index (χ4n) is 3.05. The Morgan fingerprint density at radius 2 is 2.20 bits per heavy atom. The summed E-state index contributed by atoms with van der Waals surface area (Å²) >= 11 is 0. The van der Waals surface area contributed by atoms with Crippen LogP contribution in [-0.4, -0.2) is 34.7 Å². The van der Waals surface area contributed by atoms with Gasteiger partial charge in [-0.25, -0.2) is 0 Å². The Hall–Kier alpha value is -1.06. The van der Waals surface area contributed by atoms with Crippen LogP contribution in [0.15, 0.2) is 24.3 Å². The Morgan fingerprint density at radius 3 is 2.85 bits per heavy atom. The first kappa shape index (κ1) is 15.3. The van der Waals surface area contributed by atoms with Crippen molar-refractivity contribution in [2.24, 2.45) is 0 Å². The number of phenols is 1. The molecule has 1 fully saturated rings. The van der Waals surface area contributed by atoms with E-state index >= 15 is 0 Å². The summed E-state index contributed by atoms with van der Waals surface area (Å²) in [6.45, 7) is 9.90. The van der Waals surface area contributed by atoms with Crippen molar-refractivity contribution in [1.82, 2.24) is 10.2 Å². The van der Waals surface area contributed by atoms with Crippen LogP contribution in [0.2, 0.25) is 0 Å². The Balaban J connectivity index is 2.11. The molecule has 1 saturated heterocycles. The lowest BCUT2D eigenvalue weighted by molar-refractivity contribution is 0.0396. The molecule has 1 heterocycles. The van der Waals surface area contributed by atoms with Gasteiger partial charge in [0.15, 0.2) is 0 Å². The van der Waals surface area contributed by atoms with Crippen LogP contribution in [0, 0.1) is 0 Å². The van der Waals surface area contributed by atoms with Gasteiger partial charge in [-0.15, -0.1) is 0 Å². The highest BCUT2D eigenvalue weighted by atomic mass is 16.3. The van der Waals surface area contributed by atoms with Crippen molar-refractivity contribution in [3.63, 3.8) is 0 Å². The number of nitrogens with zero attached hydrogens (tertiary/aromatic N) is 1. The zero-order valence-electron chi connectivity index (χ0n) is 13.0. The molecule has 0 bridgehead atoms. The summed E-state index contributed by atoms with van der Waals surface area (Å²) in [5, 5.41) is 13.3. The molecule has 0 saturated carbocycles. The molecular weight excluding hydrogens is 248 g/mol. The van der Waals surface area contributed by atoms with Crippen LogP contribution >= 0.6 is 0 Å². The van der Waals surface area contributed by atoms with Gasteiger partial charge in [-0.2, -0.15) is 0 Å². The van der Waals surface area contributed by atoms with Crippen LogP contribution in [-0.2, 0) is 6.54 Å². The number of phenolic OH excluding ortho intramolecular Hbond substituents is 1. The van der Waals surface area contributed by atoms with E-state index in [0.717, 1.165) is 26.1 Å². The summed E-state index contributed by atoms with van der Waals surface area (Å²) in [5.41, 5.74) is 1.40. The van der Waals surface area contributed by atoms with Gasteiger partial charge < -0.3 is 10.4 Å². The fraction of sp³-hybridized carbons (Fsp3) is 0.647. The number of rotatable bonds is 5. The first-order valence-corrected chi connectivity index (χ1v) is 7.83. The van der Waals surface area contributed by atoms with E-state index in [1.165, 1.54) is 18.4 Å². The molecule has 0 aromatic heterocycles. The maximum absolute atomic E-state index is 9.64. The largest absolute Gasteiger partial charge is 0.508 e. The van der Waals surface area contributed by atoms with Crippen LogP contribution in [0.3, 0.4) is 0 Å². The molecule has 2 N–H and O–H groups in total. The number of benzene rings is 1. The first-order valence-electron chi connectivity index (χ1n) is 7.83. The van der Waals surface area contributed by atoms with Crippen LogP contribution in [0.4, 0.5) is 0 Å². The minimum atomic E-state index is 0.204. The van der Waals surface area contributed by atoms with Crippen LogP contribution in [0.1, 0.15) is 45.6 Å². The van der Waals surface area contributed by atoms with Crippen molar-refractivity contribution in [3.8, 4) is 5.75 Å². The monoisotopic (exact) mass is 276 g/mol. The van der Waals surface area contributed by atoms with Crippen molar-refractivity contribution in [3.05, 3.63) is 29.8 Å². The van der Waals surface area contributed by atoms with Crippen molar-refractivity contribution >= 4 is 0 Å². The smallest absolute Gasteiger partial charge is 0.115 e. The number of piperazine rings is 1. The highest BCUT2D eigenvalue weighted by Crippen LogP contribution is 2.26. The van der Waals surface area contributed by atoms with E-state index < -0.39 is 0 Å². The Bertz CT molecular complexity index is 435. The summed E-state index contributed by atoms with van der Waals surface area (Å²) < 4.78 is 0. The van der Waals surface area contributed by atoms with Crippen molar-refractivity contribution in [1.29, 1.82) is 0 Å². The molecule has 2 unspecified atom stereocenters. The van der Waals surface area contributed by atoms with Crippen molar-refractivity contribution < 1.29 is 5.11 Å². The third-order valence-electron chi connectivity index (χ3n) is 4.66. The molecule has 112 valence electrons. The van der Waals surface area contributed by atoms with Gasteiger partial charge in [-0.3, -0.25) is 4.90 Å². The fourth-order valence-corrected chi connectivity index (χ4v) is 3.05. The molecule has 0 aliphatic carbocycles. The number of nitrogens with one attached hydrogen (secondary N) is 1. The number of aromatic hydroxyl groups is 1. The van der Waals surface area contributed by atoms with E-state index in [0.29, 0.717) is 11.8 Å². The van der Waals surface area contributed by atoms with Gasteiger partial charge in [-0.05, 0) is 37.5 Å². The maximum atomic E-state index is 9.64. The van der Waals surface area contributed by atoms with Gasteiger partial charge in [0.25, 0.3) is 0 Å². The van der Waals surface area contributed by atoms with E-state index in [1.807, 2.05) is 12.1 Å². The van der Waals surface area contributed by atoms with Crippen LogP contribution in [0.25, 0.3) is 0 Å². The third kappa shape index (κ3) is 3.53. The van der Waals surface area contributed by atoms with Crippen LogP contribution in [0.5, 0.6) is 5.75 Å². The normalized spacial score (nSPS) is 27.6. The zero-order valence-corrected chi connectivity index (χ0v) is 13.0.